The number of carbonyl (C=O) groups excluding carboxylic acids is 1. The quantitative estimate of drug-likeness (QED) is 0.726. The van der Waals surface area contributed by atoms with Crippen LogP contribution in [0.25, 0.3) is 5.65 Å². The molecule has 0 aliphatic rings. The number of pyridine rings is 1. The van der Waals surface area contributed by atoms with Crippen LogP contribution in [-0.2, 0) is 4.79 Å². The van der Waals surface area contributed by atoms with E-state index in [9.17, 15) is 9.18 Å². The summed E-state index contributed by atoms with van der Waals surface area (Å²) in [7, 11) is 0. The lowest BCUT2D eigenvalue weighted by atomic mass is 9.91. The molecule has 0 aliphatic carbocycles. The number of nitrogens with one attached hydrogen (secondary N) is 1. The van der Waals surface area contributed by atoms with Gasteiger partial charge in [-0.05, 0) is 36.1 Å². The average Bonchev–Trinajstić information content (AvgIpc) is 3.04. The number of hydrogen-bond donors (Lipinski definition) is 1. The van der Waals surface area contributed by atoms with Gasteiger partial charge in [0.1, 0.15) is 11.5 Å². The molecular weight excluding hydrogens is 329 g/mol. The fraction of sp³-hybridized carbons (Fsp3) is 0.333. The zero-order valence-corrected chi connectivity index (χ0v) is 15.4. The smallest absolute Gasteiger partial charge is 0.221 e. The lowest BCUT2D eigenvalue weighted by molar-refractivity contribution is -0.121. The van der Waals surface area contributed by atoms with E-state index in [1.54, 1.807) is 24.4 Å². The standard InChI is InChI=1S/C21H24FN3O/c1-14(2)12-23-20(26)11-17(16-8-4-5-9-18(16)22)19-13-24-21-15(3)7-6-10-25(19)21/h4-10,13-14,17H,11-12H2,1-3H3,(H,23,26). The summed E-state index contributed by atoms with van der Waals surface area (Å²) in [5, 5.41) is 2.93. The minimum absolute atomic E-state index is 0.0884. The molecule has 1 amide bonds. The predicted octanol–water partition coefficient (Wildman–Crippen LogP) is 4.08. The second-order valence-electron chi connectivity index (χ2n) is 7.04. The first-order valence-electron chi connectivity index (χ1n) is 8.91. The van der Waals surface area contributed by atoms with Gasteiger partial charge in [-0.3, -0.25) is 4.79 Å². The molecular formula is C21H24FN3O. The number of imidazole rings is 1. The second-order valence-corrected chi connectivity index (χ2v) is 7.04. The van der Waals surface area contributed by atoms with E-state index in [-0.39, 0.29) is 18.1 Å². The molecule has 1 unspecified atom stereocenters. The van der Waals surface area contributed by atoms with Crippen LogP contribution >= 0.6 is 0 Å². The third-order valence-electron chi connectivity index (χ3n) is 4.49. The van der Waals surface area contributed by atoms with Crippen LogP contribution in [0.2, 0.25) is 0 Å². The van der Waals surface area contributed by atoms with Crippen LogP contribution < -0.4 is 5.32 Å². The van der Waals surface area contributed by atoms with Gasteiger partial charge in [0.25, 0.3) is 0 Å². The maximum absolute atomic E-state index is 14.5. The molecule has 3 aromatic rings. The van der Waals surface area contributed by atoms with Crippen LogP contribution in [0.4, 0.5) is 4.39 Å². The highest BCUT2D eigenvalue weighted by molar-refractivity contribution is 5.77. The Morgan fingerprint density at radius 3 is 2.73 bits per heavy atom. The summed E-state index contributed by atoms with van der Waals surface area (Å²) in [5.74, 6) is -0.434. The highest BCUT2D eigenvalue weighted by atomic mass is 19.1. The highest BCUT2D eigenvalue weighted by Crippen LogP contribution is 2.31. The summed E-state index contributed by atoms with van der Waals surface area (Å²) >= 11 is 0. The van der Waals surface area contributed by atoms with Crippen molar-refractivity contribution < 1.29 is 9.18 Å². The Bertz CT molecular complexity index is 917. The molecule has 1 aromatic carbocycles. The summed E-state index contributed by atoms with van der Waals surface area (Å²) in [5.41, 5.74) is 3.19. The molecule has 0 spiro atoms. The van der Waals surface area contributed by atoms with E-state index in [1.807, 2.05) is 43.5 Å². The fourth-order valence-corrected chi connectivity index (χ4v) is 3.14. The molecule has 3 rings (SSSR count). The number of nitrogens with zero attached hydrogens (tertiary/aromatic N) is 2. The number of rotatable bonds is 6. The molecule has 2 aromatic heterocycles. The van der Waals surface area contributed by atoms with Crippen molar-refractivity contribution >= 4 is 11.6 Å². The maximum Gasteiger partial charge on any atom is 0.221 e. The molecule has 5 heteroatoms. The fourth-order valence-electron chi connectivity index (χ4n) is 3.14. The Hall–Kier alpha value is -2.69. The number of halogens is 1. The van der Waals surface area contributed by atoms with Crippen molar-refractivity contribution in [1.82, 2.24) is 14.7 Å². The molecule has 0 aliphatic heterocycles. The molecule has 0 bridgehead atoms. The lowest BCUT2D eigenvalue weighted by Gasteiger charge is -2.18. The summed E-state index contributed by atoms with van der Waals surface area (Å²) in [6.07, 6.45) is 3.83. The first-order valence-corrected chi connectivity index (χ1v) is 8.91. The Morgan fingerprint density at radius 2 is 2.00 bits per heavy atom. The van der Waals surface area contributed by atoms with Gasteiger partial charge in [-0.1, -0.05) is 38.1 Å². The zero-order chi connectivity index (χ0) is 18.7. The van der Waals surface area contributed by atoms with Gasteiger partial charge in [-0.25, -0.2) is 9.37 Å². The molecule has 2 heterocycles. The van der Waals surface area contributed by atoms with Crippen LogP contribution in [-0.4, -0.2) is 21.8 Å². The van der Waals surface area contributed by atoms with Crippen LogP contribution in [0.1, 0.15) is 43.0 Å². The molecule has 0 saturated carbocycles. The van der Waals surface area contributed by atoms with E-state index in [0.29, 0.717) is 18.0 Å². The molecule has 0 fully saturated rings. The highest BCUT2D eigenvalue weighted by Gasteiger charge is 2.24. The molecule has 136 valence electrons. The Morgan fingerprint density at radius 1 is 1.23 bits per heavy atom. The molecule has 4 nitrogen and oxygen atoms in total. The number of benzene rings is 1. The monoisotopic (exact) mass is 353 g/mol. The van der Waals surface area contributed by atoms with Crippen molar-refractivity contribution in [2.45, 2.75) is 33.1 Å². The van der Waals surface area contributed by atoms with Crippen molar-refractivity contribution in [3.8, 4) is 0 Å². The van der Waals surface area contributed by atoms with Crippen molar-refractivity contribution in [2.24, 2.45) is 5.92 Å². The van der Waals surface area contributed by atoms with Gasteiger partial charge in [0.05, 0.1) is 5.69 Å². The van der Waals surface area contributed by atoms with Gasteiger partial charge in [0.15, 0.2) is 0 Å². The zero-order valence-electron chi connectivity index (χ0n) is 15.4. The van der Waals surface area contributed by atoms with Crippen LogP contribution in [0.15, 0.2) is 48.8 Å². The third kappa shape index (κ3) is 3.77. The normalized spacial score (nSPS) is 12.5. The van der Waals surface area contributed by atoms with Gasteiger partial charge >= 0.3 is 0 Å². The Balaban J connectivity index is 2.01. The second kappa shape index (κ2) is 7.68. The molecule has 0 saturated heterocycles. The SMILES string of the molecule is Cc1cccn2c(C(CC(=O)NCC(C)C)c3ccccc3F)cnc12. The minimum atomic E-state index is -0.403. The molecule has 0 radical (unpaired) electrons. The summed E-state index contributed by atoms with van der Waals surface area (Å²) in [4.78, 5) is 17.0. The Kier molecular flexibility index (Phi) is 5.35. The number of hydrogen-bond acceptors (Lipinski definition) is 2. The molecule has 1 atom stereocenters. The first-order chi connectivity index (χ1) is 12.5. The van der Waals surface area contributed by atoms with E-state index in [4.69, 9.17) is 0 Å². The third-order valence-corrected chi connectivity index (χ3v) is 4.49. The Labute approximate surface area is 153 Å². The summed E-state index contributed by atoms with van der Waals surface area (Å²) in [6.45, 7) is 6.68. The van der Waals surface area contributed by atoms with Gasteiger partial charge in [0.2, 0.25) is 5.91 Å². The van der Waals surface area contributed by atoms with E-state index >= 15 is 0 Å². The number of aromatic nitrogens is 2. The largest absolute Gasteiger partial charge is 0.356 e. The molecule has 1 N–H and O–H groups in total. The summed E-state index contributed by atoms with van der Waals surface area (Å²) < 4.78 is 16.5. The maximum atomic E-state index is 14.5. The number of amides is 1. The van der Waals surface area contributed by atoms with Gasteiger partial charge in [0, 0.05) is 31.3 Å². The van der Waals surface area contributed by atoms with Crippen molar-refractivity contribution in [3.63, 3.8) is 0 Å². The van der Waals surface area contributed by atoms with Gasteiger partial charge in [-0.15, -0.1) is 0 Å². The summed E-state index contributed by atoms with van der Waals surface area (Å²) in [6, 6.07) is 10.6. The van der Waals surface area contributed by atoms with E-state index in [1.165, 1.54) is 6.07 Å². The lowest BCUT2D eigenvalue weighted by Crippen LogP contribution is -2.29. The van der Waals surface area contributed by atoms with Gasteiger partial charge in [-0.2, -0.15) is 0 Å². The van der Waals surface area contributed by atoms with Crippen molar-refractivity contribution in [1.29, 1.82) is 0 Å². The number of carbonyl (C=O) groups is 1. The molecule has 26 heavy (non-hydrogen) atoms. The van der Waals surface area contributed by atoms with Crippen LogP contribution in [0.3, 0.4) is 0 Å². The minimum Gasteiger partial charge on any atom is -0.356 e. The van der Waals surface area contributed by atoms with Crippen molar-refractivity contribution in [3.05, 3.63) is 71.4 Å². The van der Waals surface area contributed by atoms with E-state index < -0.39 is 5.92 Å². The predicted molar refractivity (Wildman–Crippen MR) is 101 cm³/mol. The van der Waals surface area contributed by atoms with E-state index in [0.717, 1.165) is 16.9 Å². The van der Waals surface area contributed by atoms with E-state index in [2.05, 4.69) is 10.3 Å². The van der Waals surface area contributed by atoms with Gasteiger partial charge < -0.3 is 9.72 Å². The van der Waals surface area contributed by atoms with Crippen LogP contribution in [0.5, 0.6) is 0 Å². The first kappa shape index (κ1) is 18.1. The van der Waals surface area contributed by atoms with Crippen molar-refractivity contribution in [2.75, 3.05) is 6.54 Å². The number of fused-ring (bicyclic) bond motifs is 1. The topological polar surface area (TPSA) is 46.4 Å². The number of aryl methyl sites for hydroxylation is 1. The van der Waals surface area contributed by atoms with Crippen LogP contribution in [0, 0.1) is 18.7 Å². The average molecular weight is 353 g/mol.